The SMILES string of the molecule is C=C[C@@H]1C[C@]1(NC(=O)[C@@H]1C[C@@H](Oc2nccc3cc(OC)ccc23)CN1C(=O)[C@H](CCC(=O)C(C)=CC)NC(=O)OC(C)(C)C)C(=O)NS(=O)(=O)C1CC1. The normalized spacial score (nSPS) is 23.2. The van der Waals surface area contributed by atoms with Crippen LogP contribution in [0.5, 0.6) is 11.6 Å². The molecule has 1 aromatic carbocycles. The Labute approximate surface area is 315 Å². The summed E-state index contributed by atoms with van der Waals surface area (Å²) >= 11 is 0. The fourth-order valence-electron chi connectivity index (χ4n) is 6.44. The summed E-state index contributed by atoms with van der Waals surface area (Å²) in [5, 5.41) is 6.11. The first-order valence-electron chi connectivity index (χ1n) is 18.0. The van der Waals surface area contributed by atoms with Crippen molar-refractivity contribution in [2.45, 2.75) is 108 Å². The molecule has 54 heavy (non-hydrogen) atoms. The first kappa shape index (κ1) is 40.2. The highest BCUT2D eigenvalue weighted by Gasteiger charge is 2.62. The highest BCUT2D eigenvalue weighted by atomic mass is 32.2. The van der Waals surface area contributed by atoms with Crippen LogP contribution in [0.1, 0.15) is 73.1 Å². The summed E-state index contributed by atoms with van der Waals surface area (Å²) in [6, 6.07) is 4.62. The van der Waals surface area contributed by atoms with Crippen molar-refractivity contribution in [1.82, 2.24) is 25.2 Å². The second-order valence-electron chi connectivity index (χ2n) is 15.0. The number of carbonyl (C=O) groups is 5. The number of nitrogens with one attached hydrogen (secondary N) is 3. The molecule has 0 radical (unpaired) electrons. The maximum Gasteiger partial charge on any atom is 0.408 e. The molecule has 0 unspecified atom stereocenters. The van der Waals surface area contributed by atoms with Crippen molar-refractivity contribution >= 4 is 50.4 Å². The molecule has 15 nitrogen and oxygen atoms in total. The third-order valence-electron chi connectivity index (χ3n) is 9.83. The Morgan fingerprint density at radius 2 is 1.87 bits per heavy atom. The standard InChI is InChI=1S/C38H49N5O10S/c1-8-22(3)31(44)15-14-29(40-36(48)53-37(4,5)6)34(46)43-21-26(52-33-28-13-10-25(51-7)18-23(28)16-17-39-33)19-30(43)32(45)41-38(20-24(38)9-2)35(47)42-54(49,50)27-11-12-27/h8-10,13,16-18,24,26-27,29-30H,2,11-12,14-15,19-21H2,1,3-7H3,(H,40,48)(H,41,45)(H,42,47)/t24-,26-,29+,30+,38-/m1/s1. The van der Waals surface area contributed by atoms with Crippen molar-refractivity contribution in [3.8, 4) is 11.6 Å². The van der Waals surface area contributed by atoms with Gasteiger partial charge in [0.1, 0.15) is 35.1 Å². The van der Waals surface area contributed by atoms with Crippen molar-refractivity contribution in [2.75, 3.05) is 13.7 Å². The number of rotatable bonds is 15. The molecular weight excluding hydrogens is 719 g/mol. The highest BCUT2D eigenvalue weighted by molar-refractivity contribution is 7.91. The van der Waals surface area contributed by atoms with Crippen molar-refractivity contribution < 1.29 is 46.6 Å². The maximum absolute atomic E-state index is 14.5. The smallest absolute Gasteiger partial charge is 0.408 e. The van der Waals surface area contributed by atoms with E-state index in [1.54, 1.807) is 72.2 Å². The molecule has 292 valence electrons. The number of Topliss-reactive ketones (excluding diaryl/α,β-unsaturated/α-hetero) is 1. The molecule has 1 aromatic heterocycles. The van der Waals surface area contributed by atoms with Crippen LogP contribution < -0.4 is 24.8 Å². The van der Waals surface area contributed by atoms with Gasteiger partial charge in [0.2, 0.25) is 27.7 Å². The first-order valence-corrected chi connectivity index (χ1v) is 19.5. The number of amides is 4. The van der Waals surface area contributed by atoms with Crippen LogP contribution in [0.25, 0.3) is 10.8 Å². The molecule has 2 aromatic rings. The Kier molecular flexibility index (Phi) is 11.7. The lowest BCUT2D eigenvalue weighted by molar-refractivity contribution is -0.141. The first-order chi connectivity index (χ1) is 25.4. The molecule has 2 aliphatic carbocycles. The lowest BCUT2D eigenvalue weighted by Crippen LogP contribution is -2.58. The molecule has 5 rings (SSSR count). The van der Waals surface area contributed by atoms with Gasteiger partial charge in [0.25, 0.3) is 5.91 Å². The minimum atomic E-state index is -3.93. The molecule has 0 spiro atoms. The van der Waals surface area contributed by atoms with Crippen LogP contribution in [0.2, 0.25) is 0 Å². The van der Waals surface area contributed by atoms with E-state index in [1.807, 2.05) is 6.07 Å². The van der Waals surface area contributed by atoms with E-state index in [0.29, 0.717) is 29.6 Å². The molecule has 3 fully saturated rings. The number of carbonyl (C=O) groups excluding carboxylic acids is 5. The highest BCUT2D eigenvalue weighted by Crippen LogP contribution is 2.45. The number of hydrogen-bond donors (Lipinski definition) is 3. The number of nitrogens with zero attached hydrogens (tertiary/aromatic N) is 2. The van der Waals surface area contributed by atoms with Gasteiger partial charge in [0.05, 0.1) is 18.9 Å². The van der Waals surface area contributed by atoms with Crippen molar-refractivity contribution in [3.63, 3.8) is 0 Å². The van der Waals surface area contributed by atoms with Crippen LogP contribution in [0, 0.1) is 5.92 Å². The molecule has 2 heterocycles. The summed E-state index contributed by atoms with van der Waals surface area (Å²) in [6.07, 6.45) is 3.75. The van der Waals surface area contributed by atoms with Gasteiger partial charge in [-0.15, -0.1) is 6.58 Å². The van der Waals surface area contributed by atoms with Gasteiger partial charge in [-0.3, -0.25) is 23.9 Å². The Morgan fingerprint density at radius 3 is 2.48 bits per heavy atom. The zero-order chi connectivity index (χ0) is 39.6. The van der Waals surface area contributed by atoms with Gasteiger partial charge in [-0.1, -0.05) is 12.2 Å². The van der Waals surface area contributed by atoms with Gasteiger partial charge in [0, 0.05) is 30.3 Å². The number of fused-ring (bicyclic) bond motifs is 1. The zero-order valence-electron chi connectivity index (χ0n) is 31.5. The number of pyridine rings is 1. The fourth-order valence-corrected chi connectivity index (χ4v) is 7.81. The molecule has 0 bridgehead atoms. The molecule has 3 aliphatic rings. The number of sulfonamides is 1. The van der Waals surface area contributed by atoms with Crippen LogP contribution in [-0.2, 0) is 33.9 Å². The number of ketones is 1. The number of allylic oxidation sites excluding steroid dienone is 2. The van der Waals surface area contributed by atoms with E-state index in [-0.39, 0.29) is 43.9 Å². The van der Waals surface area contributed by atoms with E-state index in [9.17, 15) is 32.4 Å². The lowest BCUT2D eigenvalue weighted by atomic mass is 10.0. The molecule has 2 saturated carbocycles. The average Bonchev–Trinajstić information content (AvgIpc) is 4.05. The Hall–Kier alpha value is -4.99. The van der Waals surface area contributed by atoms with Gasteiger partial charge in [0.15, 0.2) is 5.78 Å². The third-order valence-corrected chi connectivity index (χ3v) is 11.7. The van der Waals surface area contributed by atoms with Gasteiger partial charge < -0.3 is 29.7 Å². The largest absolute Gasteiger partial charge is 0.497 e. The number of hydrogen-bond acceptors (Lipinski definition) is 11. The van der Waals surface area contributed by atoms with E-state index >= 15 is 0 Å². The van der Waals surface area contributed by atoms with Crippen LogP contribution in [0.4, 0.5) is 4.79 Å². The number of methoxy groups -OCH3 is 1. The van der Waals surface area contributed by atoms with Crippen molar-refractivity contribution in [1.29, 1.82) is 0 Å². The average molecular weight is 768 g/mol. The second kappa shape index (κ2) is 15.8. The van der Waals surface area contributed by atoms with Gasteiger partial charge >= 0.3 is 6.09 Å². The van der Waals surface area contributed by atoms with E-state index in [1.165, 1.54) is 11.0 Å². The number of ether oxygens (including phenoxy) is 3. The molecule has 4 amide bonds. The van der Waals surface area contributed by atoms with Crippen molar-refractivity contribution in [3.05, 3.63) is 54.8 Å². The van der Waals surface area contributed by atoms with E-state index in [4.69, 9.17) is 14.2 Å². The van der Waals surface area contributed by atoms with Crippen LogP contribution in [0.15, 0.2) is 54.8 Å². The summed E-state index contributed by atoms with van der Waals surface area (Å²) in [5.41, 5.74) is -2.01. The number of likely N-dealkylation sites (tertiary alicyclic amines) is 1. The second-order valence-corrected chi connectivity index (χ2v) is 17.0. The maximum atomic E-state index is 14.5. The number of alkyl carbamates (subject to hydrolysis) is 1. The van der Waals surface area contributed by atoms with E-state index in [0.717, 1.165) is 5.39 Å². The summed E-state index contributed by atoms with van der Waals surface area (Å²) in [5.74, 6) is -2.21. The predicted octanol–water partition coefficient (Wildman–Crippen LogP) is 3.47. The lowest BCUT2D eigenvalue weighted by Gasteiger charge is -2.30. The summed E-state index contributed by atoms with van der Waals surface area (Å²) in [6.45, 7) is 12.0. The molecule has 3 N–H and O–H groups in total. The predicted molar refractivity (Wildman–Crippen MR) is 199 cm³/mol. The van der Waals surface area contributed by atoms with Gasteiger partial charge in [-0.2, -0.15) is 0 Å². The molecule has 16 heteroatoms. The fraction of sp³-hybridized carbons (Fsp3) is 0.526. The van der Waals surface area contributed by atoms with Gasteiger partial charge in [-0.05, 0) is 95.5 Å². The topological polar surface area (TPSA) is 199 Å². The third kappa shape index (κ3) is 9.20. The van der Waals surface area contributed by atoms with E-state index in [2.05, 4.69) is 26.9 Å². The molecule has 1 saturated heterocycles. The summed E-state index contributed by atoms with van der Waals surface area (Å²) in [7, 11) is -2.38. The Balaban J connectivity index is 1.45. The van der Waals surface area contributed by atoms with Crippen LogP contribution in [0.3, 0.4) is 0 Å². The summed E-state index contributed by atoms with van der Waals surface area (Å²) < 4.78 is 44.7. The molecular formula is C38H49N5O10S. The molecule has 1 aliphatic heterocycles. The van der Waals surface area contributed by atoms with Crippen LogP contribution in [-0.4, -0.2) is 96.1 Å². The quantitative estimate of drug-likeness (QED) is 0.177. The van der Waals surface area contributed by atoms with Gasteiger partial charge in [-0.25, -0.2) is 18.2 Å². The minimum Gasteiger partial charge on any atom is -0.497 e. The van der Waals surface area contributed by atoms with Crippen molar-refractivity contribution in [2.24, 2.45) is 5.92 Å². The summed E-state index contributed by atoms with van der Waals surface area (Å²) in [4.78, 5) is 73.7. The number of benzene rings is 1. The Bertz CT molecular complexity index is 1970. The zero-order valence-corrected chi connectivity index (χ0v) is 32.3. The number of aromatic nitrogens is 1. The monoisotopic (exact) mass is 767 g/mol. The minimum absolute atomic E-state index is 0.0433. The van der Waals surface area contributed by atoms with Crippen LogP contribution >= 0.6 is 0 Å². The molecule has 5 atom stereocenters. The Morgan fingerprint density at radius 1 is 1.15 bits per heavy atom. The van der Waals surface area contributed by atoms with E-state index < -0.39 is 74.3 Å².